The summed E-state index contributed by atoms with van der Waals surface area (Å²) in [5.41, 5.74) is 7.84. The van der Waals surface area contributed by atoms with E-state index < -0.39 is 0 Å². The average Bonchev–Trinajstić information content (AvgIpc) is 3.29. The van der Waals surface area contributed by atoms with E-state index in [4.69, 9.17) is 31.9 Å². The van der Waals surface area contributed by atoms with Gasteiger partial charge in [0.05, 0.1) is 32.5 Å². The highest BCUT2D eigenvalue weighted by atomic mass is 35.5. The van der Waals surface area contributed by atoms with Gasteiger partial charge in [0, 0.05) is 34.6 Å². The van der Waals surface area contributed by atoms with E-state index in [1.165, 1.54) is 0 Å². The Morgan fingerprint density at radius 3 is 2.50 bits per heavy atom. The number of ether oxygens (including phenoxy) is 2. The molecule has 0 spiro atoms. The van der Waals surface area contributed by atoms with Crippen molar-refractivity contribution in [2.45, 2.75) is 25.3 Å². The number of hydrogen-bond acceptors (Lipinski definition) is 6. The molecule has 9 heteroatoms. The minimum absolute atomic E-state index is 0.123. The first-order valence-electron chi connectivity index (χ1n) is 11.3. The number of likely N-dealkylation sites (tertiary alicyclic amines) is 1. The molecule has 0 radical (unpaired) electrons. The van der Waals surface area contributed by atoms with Crippen molar-refractivity contribution in [2.75, 3.05) is 33.9 Å². The van der Waals surface area contributed by atoms with Crippen LogP contribution < -0.4 is 15.2 Å². The summed E-state index contributed by atoms with van der Waals surface area (Å²) in [6.07, 6.45) is 1.82. The molecule has 1 unspecified atom stereocenters. The fourth-order valence-electron chi connectivity index (χ4n) is 4.57. The molecular weight excluding hydrogens is 456 g/mol. The van der Waals surface area contributed by atoms with Gasteiger partial charge in [-0.15, -0.1) is 0 Å². The van der Waals surface area contributed by atoms with Gasteiger partial charge in [-0.25, -0.2) is 5.01 Å². The first kappa shape index (κ1) is 24.0. The van der Waals surface area contributed by atoms with E-state index in [0.717, 1.165) is 16.8 Å². The number of nitrogens with zero attached hydrogens (tertiary/aromatic N) is 3. The summed E-state index contributed by atoms with van der Waals surface area (Å²) in [5, 5.41) is 6.86. The van der Waals surface area contributed by atoms with Crippen LogP contribution in [-0.2, 0) is 9.59 Å². The number of hydrogen-bond donors (Lipinski definition) is 1. The number of rotatable bonds is 7. The maximum Gasteiger partial charge on any atom is 0.257 e. The van der Waals surface area contributed by atoms with Crippen molar-refractivity contribution >= 4 is 29.1 Å². The number of methoxy groups -OCH3 is 2. The normalized spacial score (nSPS) is 19.1. The van der Waals surface area contributed by atoms with E-state index in [1.54, 1.807) is 25.3 Å². The summed E-state index contributed by atoms with van der Waals surface area (Å²) in [4.78, 5) is 27.0. The van der Waals surface area contributed by atoms with E-state index in [9.17, 15) is 9.59 Å². The van der Waals surface area contributed by atoms with Gasteiger partial charge in [-0.05, 0) is 44.1 Å². The third-order valence-corrected chi connectivity index (χ3v) is 6.83. The predicted octanol–water partition coefficient (Wildman–Crippen LogP) is 3.23. The van der Waals surface area contributed by atoms with Crippen molar-refractivity contribution in [2.24, 2.45) is 16.8 Å². The molecular formula is C25H29ClN4O4. The molecule has 2 aromatic rings. The van der Waals surface area contributed by atoms with Crippen molar-refractivity contribution in [3.63, 3.8) is 0 Å². The molecule has 1 atom stereocenters. The molecule has 0 aromatic heterocycles. The number of halogens is 1. The quantitative estimate of drug-likeness (QED) is 0.650. The van der Waals surface area contributed by atoms with E-state index in [-0.39, 0.29) is 30.3 Å². The minimum atomic E-state index is -0.345. The first-order chi connectivity index (χ1) is 16.4. The van der Waals surface area contributed by atoms with E-state index in [1.807, 2.05) is 41.3 Å². The molecule has 2 amide bonds. The molecule has 2 aliphatic heterocycles. The van der Waals surface area contributed by atoms with E-state index in [0.29, 0.717) is 48.9 Å². The van der Waals surface area contributed by atoms with Crippen LogP contribution in [0.25, 0.3) is 0 Å². The van der Waals surface area contributed by atoms with E-state index >= 15 is 0 Å². The maximum absolute atomic E-state index is 13.5. The summed E-state index contributed by atoms with van der Waals surface area (Å²) in [6.45, 7) is 1.50. The maximum atomic E-state index is 13.5. The smallest absolute Gasteiger partial charge is 0.257 e. The van der Waals surface area contributed by atoms with Gasteiger partial charge in [-0.1, -0.05) is 29.8 Å². The van der Waals surface area contributed by atoms with Gasteiger partial charge in [0.1, 0.15) is 11.5 Å². The van der Waals surface area contributed by atoms with Crippen molar-refractivity contribution in [3.05, 3.63) is 58.6 Å². The van der Waals surface area contributed by atoms with Crippen LogP contribution in [0.1, 0.15) is 36.4 Å². The fraction of sp³-hybridized carbons (Fsp3) is 0.400. The van der Waals surface area contributed by atoms with Gasteiger partial charge >= 0.3 is 0 Å². The Morgan fingerprint density at radius 2 is 1.85 bits per heavy atom. The number of piperidine rings is 1. The van der Waals surface area contributed by atoms with Crippen molar-refractivity contribution in [1.82, 2.24) is 9.91 Å². The topological polar surface area (TPSA) is 97.5 Å². The average molecular weight is 485 g/mol. The van der Waals surface area contributed by atoms with Crippen LogP contribution in [0, 0.1) is 5.92 Å². The second-order valence-electron chi connectivity index (χ2n) is 8.55. The second kappa shape index (κ2) is 10.4. The molecule has 8 nitrogen and oxygen atoms in total. The van der Waals surface area contributed by atoms with Gasteiger partial charge in [-0.2, -0.15) is 5.10 Å². The molecule has 0 aliphatic carbocycles. The second-order valence-corrected chi connectivity index (χ2v) is 8.95. The SMILES string of the molecule is COc1ccc(C2CC(c3ccccc3Cl)=NN2C(=O)CN2CCC(C(N)=O)CC2)c(OC)c1. The van der Waals surface area contributed by atoms with Crippen LogP contribution in [0.3, 0.4) is 0 Å². The van der Waals surface area contributed by atoms with Crippen LogP contribution in [0.2, 0.25) is 5.02 Å². The Morgan fingerprint density at radius 1 is 1.12 bits per heavy atom. The summed E-state index contributed by atoms with van der Waals surface area (Å²) in [5.74, 6) is 0.772. The molecule has 2 aliphatic rings. The highest BCUT2D eigenvalue weighted by Gasteiger charge is 2.36. The zero-order valence-electron chi connectivity index (χ0n) is 19.4. The molecule has 34 heavy (non-hydrogen) atoms. The monoisotopic (exact) mass is 484 g/mol. The Labute approximate surface area is 204 Å². The van der Waals surface area contributed by atoms with Gasteiger partial charge in [0.25, 0.3) is 5.91 Å². The Bertz CT molecular complexity index is 1100. The van der Waals surface area contributed by atoms with Crippen LogP contribution >= 0.6 is 11.6 Å². The third-order valence-electron chi connectivity index (χ3n) is 6.50. The number of hydrazone groups is 1. The Balaban J connectivity index is 1.61. The predicted molar refractivity (Wildman–Crippen MR) is 130 cm³/mol. The molecule has 0 saturated carbocycles. The lowest BCUT2D eigenvalue weighted by Crippen LogP contribution is -2.44. The fourth-order valence-corrected chi connectivity index (χ4v) is 4.82. The number of nitrogens with two attached hydrogens (primary N) is 1. The highest BCUT2D eigenvalue weighted by Crippen LogP contribution is 2.40. The van der Waals surface area contributed by atoms with Gasteiger partial charge in [-0.3, -0.25) is 14.5 Å². The van der Waals surface area contributed by atoms with Gasteiger partial charge in [0.15, 0.2) is 0 Å². The summed E-state index contributed by atoms with van der Waals surface area (Å²) >= 11 is 6.45. The van der Waals surface area contributed by atoms with Gasteiger partial charge in [0.2, 0.25) is 5.91 Å². The number of carbonyl (C=O) groups excluding carboxylic acids is 2. The molecule has 1 fully saturated rings. The lowest BCUT2D eigenvalue weighted by molar-refractivity contribution is -0.134. The molecule has 2 heterocycles. The lowest BCUT2D eigenvalue weighted by Gasteiger charge is -2.31. The molecule has 1 saturated heterocycles. The molecule has 4 rings (SSSR count). The molecule has 0 bridgehead atoms. The number of amides is 2. The molecule has 2 N–H and O–H groups in total. The standard InChI is InChI=1S/C25H29ClN4O4/c1-33-17-7-8-19(23(13-17)34-2)22-14-21(18-5-3-4-6-20(18)26)28-30(22)24(31)15-29-11-9-16(10-12-29)25(27)32/h3-8,13,16,22H,9-12,14-15H2,1-2H3,(H2,27,32). The van der Waals surface area contributed by atoms with Crippen molar-refractivity contribution in [1.29, 1.82) is 0 Å². The largest absolute Gasteiger partial charge is 0.497 e. The minimum Gasteiger partial charge on any atom is -0.497 e. The highest BCUT2D eigenvalue weighted by molar-refractivity contribution is 6.34. The summed E-state index contributed by atoms with van der Waals surface area (Å²) < 4.78 is 11.0. The third kappa shape index (κ3) is 5.03. The van der Waals surface area contributed by atoms with Gasteiger partial charge < -0.3 is 15.2 Å². The number of primary amides is 1. The van der Waals surface area contributed by atoms with Crippen molar-refractivity contribution < 1.29 is 19.1 Å². The molecule has 2 aromatic carbocycles. The Kier molecular flexibility index (Phi) is 7.38. The zero-order valence-corrected chi connectivity index (χ0v) is 20.1. The summed E-state index contributed by atoms with van der Waals surface area (Å²) in [7, 11) is 3.19. The van der Waals surface area contributed by atoms with Crippen LogP contribution in [0.4, 0.5) is 0 Å². The number of benzene rings is 2. The van der Waals surface area contributed by atoms with Crippen LogP contribution in [-0.4, -0.2) is 61.3 Å². The Hall–Kier alpha value is -3.10. The zero-order chi connectivity index (χ0) is 24.2. The van der Waals surface area contributed by atoms with Crippen molar-refractivity contribution in [3.8, 4) is 11.5 Å². The number of carbonyl (C=O) groups is 2. The van der Waals surface area contributed by atoms with Crippen LogP contribution in [0.15, 0.2) is 47.6 Å². The molecule has 180 valence electrons. The summed E-state index contributed by atoms with van der Waals surface area (Å²) in [6, 6.07) is 12.7. The van der Waals surface area contributed by atoms with E-state index in [2.05, 4.69) is 0 Å². The lowest BCUT2D eigenvalue weighted by atomic mass is 9.96. The van der Waals surface area contributed by atoms with Crippen LogP contribution in [0.5, 0.6) is 11.5 Å². The first-order valence-corrected chi connectivity index (χ1v) is 11.7.